The van der Waals surface area contributed by atoms with Gasteiger partial charge >= 0.3 is 0 Å². The van der Waals surface area contributed by atoms with E-state index in [2.05, 4.69) is 19.2 Å². The Morgan fingerprint density at radius 2 is 1.24 bits per heavy atom. The summed E-state index contributed by atoms with van der Waals surface area (Å²) in [7, 11) is 0. The third-order valence-electron chi connectivity index (χ3n) is 6.22. The lowest BCUT2D eigenvalue weighted by Crippen LogP contribution is -2.54. The molecule has 0 bridgehead atoms. The molecule has 0 aliphatic carbocycles. The fourth-order valence-corrected chi connectivity index (χ4v) is 4.17. The summed E-state index contributed by atoms with van der Waals surface area (Å²) in [5.41, 5.74) is 0. The molecule has 1 rings (SSSR count). The Balaban J connectivity index is 1.85. The van der Waals surface area contributed by atoms with Gasteiger partial charge in [0, 0.05) is 6.04 Å². The minimum Gasteiger partial charge on any atom is -0.388 e. The van der Waals surface area contributed by atoms with E-state index < -0.39 is 24.4 Å². The monoisotopic (exact) mass is 415 g/mol. The van der Waals surface area contributed by atoms with Crippen LogP contribution in [0.1, 0.15) is 110 Å². The van der Waals surface area contributed by atoms with Crippen LogP contribution in [-0.2, 0) is 4.74 Å². The zero-order chi connectivity index (χ0) is 21.3. The van der Waals surface area contributed by atoms with Gasteiger partial charge in [-0.3, -0.25) is 0 Å². The van der Waals surface area contributed by atoms with Crippen LogP contribution in [0.3, 0.4) is 0 Å². The first-order valence-electron chi connectivity index (χ1n) is 12.5. The molecule has 0 aromatic rings. The number of unbranched alkanes of at least 4 members (excludes halogenated alkanes) is 13. The van der Waals surface area contributed by atoms with Crippen LogP contribution in [0.5, 0.6) is 0 Å². The van der Waals surface area contributed by atoms with Gasteiger partial charge in [-0.05, 0) is 26.3 Å². The van der Waals surface area contributed by atoms with Crippen LogP contribution in [0.2, 0.25) is 0 Å². The summed E-state index contributed by atoms with van der Waals surface area (Å²) in [6.07, 6.45) is 16.3. The van der Waals surface area contributed by atoms with E-state index in [1.54, 1.807) is 0 Å². The van der Waals surface area contributed by atoms with Gasteiger partial charge in [-0.25, -0.2) is 0 Å². The van der Waals surface area contributed by atoms with Gasteiger partial charge in [0.15, 0.2) is 0 Å². The molecule has 0 saturated carbocycles. The van der Waals surface area contributed by atoms with Crippen molar-refractivity contribution in [3.8, 4) is 0 Å². The molecule has 29 heavy (non-hydrogen) atoms. The molecule has 5 atom stereocenters. The molecule has 174 valence electrons. The Labute approximate surface area is 179 Å². The lowest BCUT2D eigenvalue weighted by molar-refractivity contribution is -0.189. The van der Waals surface area contributed by atoms with Crippen molar-refractivity contribution in [2.75, 3.05) is 13.2 Å². The molecular weight excluding hydrogens is 366 g/mol. The van der Waals surface area contributed by atoms with Crippen LogP contribution in [0.25, 0.3) is 0 Å². The second kappa shape index (κ2) is 17.5. The zero-order valence-electron chi connectivity index (χ0n) is 19.2. The Morgan fingerprint density at radius 3 is 1.76 bits per heavy atom. The highest BCUT2D eigenvalue weighted by Gasteiger charge is 2.37. The topological polar surface area (TPSA) is 82.0 Å². The summed E-state index contributed by atoms with van der Waals surface area (Å²) in [4.78, 5) is 0. The molecule has 0 aromatic carbocycles. The lowest BCUT2D eigenvalue weighted by atomic mass is 9.95. The van der Waals surface area contributed by atoms with Gasteiger partial charge < -0.3 is 25.4 Å². The molecule has 1 heterocycles. The maximum atomic E-state index is 10.00. The standard InChI is InChI=1S/C24H49NO4/c1-3-4-5-6-7-8-9-10-11-12-13-14-15-16-17-25-20(2)18-22-24(28)23(27)21(26)19-29-22/h20-28H,3-19H2,1-2H3/t20?,21-,22+,23+,24+/m1/s1. The first-order valence-corrected chi connectivity index (χ1v) is 12.5. The Morgan fingerprint density at radius 1 is 0.759 bits per heavy atom. The number of hydrogen-bond donors (Lipinski definition) is 4. The van der Waals surface area contributed by atoms with Gasteiger partial charge in [0.05, 0.1) is 12.7 Å². The first-order chi connectivity index (χ1) is 14.1. The molecule has 4 N–H and O–H groups in total. The van der Waals surface area contributed by atoms with Gasteiger partial charge in [-0.15, -0.1) is 0 Å². The van der Waals surface area contributed by atoms with E-state index in [9.17, 15) is 15.3 Å². The van der Waals surface area contributed by atoms with E-state index in [0.29, 0.717) is 6.42 Å². The van der Waals surface area contributed by atoms with Gasteiger partial charge in [0.25, 0.3) is 0 Å². The minimum absolute atomic E-state index is 0.0918. The van der Waals surface area contributed by atoms with Crippen LogP contribution in [-0.4, -0.2) is 58.9 Å². The third-order valence-corrected chi connectivity index (χ3v) is 6.22. The average Bonchev–Trinajstić information content (AvgIpc) is 2.71. The second-order valence-electron chi connectivity index (χ2n) is 9.11. The Bertz CT molecular complexity index is 369. The quantitative estimate of drug-likeness (QED) is 0.251. The number of aliphatic hydroxyl groups is 3. The fraction of sp³-hybridized carbons (Fsp3) is 1.00. The molecule has 1 aliphatic heterocycles. The number of hydrogen-bond acceptors (Lipinski definition) is 5. The molecule has 0 spiro atoms. The second-order valence-corrected chi connectivity index (χ2v) is 9.11. The highest BCUT2D eigenvalue weighted by molar-refractivity contribution is 4.88. The van der Waals surface area contributed by atoms with Crippen molar-refractivity contribution < 1.29 is 20.1 Å². The van der Waals surface area contributed by atoms with Crippen molar-refractivity contribution in [2.24, 2.45) is 0 Å². The molecule has 1 fully saturated rings. The Kier molecular flexibility index (Phi) is 16.2. The zero-order valence-corrected chi connectivity index (χ0v) is 19.2. The first kappa shape index (κ1) is 26.8. The molecule has 5 nitrogen and oxygen atoms in total. The van der Waals surface area contributed by atoms with Crippen LogP contribution >= 0.6 is 0 Å². The van der Waals surface area contributed by atoms with Crippen molar-refractivity contribution in [1.82, 2.24) is 5.32 Å². The van der Waals surface area contributed by atoms with E-state index >= 15 is 0 Å². The van der Waals surface area contributed by atoms with E-state index in [0.717, 1.165) is 6.54 Å². The lowest BCUT2D eigenvalue weighted by Gasteiger charge is -2.36. The van der Waals surface area contributed by atoms with E-state index in [4.69, 9.17) is 4.74 Å². The normalized spacial score (nSPS) is 26.0. The highest BCUT2D eigenvalue weighted by atomic mass is 16.5. The summed E-state index contributed by atoms with van der Waals surface area (Å²) >= 11 is 0. The summed E-state index contributed by atoms with van der Waals surface area (Å²) in [6.45, 7) is 5.43. The third kappa shape index (κ3) is 13.0. The van der Waals surface area contributed by atoms with Crippen molar-refractivity contribution in [3.05, 3.63) is 0 Å². The molecule has 0 amide bonds. The summed E-state index contributed by atoms with van der Waals surface area (Å²) < 4.78 is 5.47. The maximum Gasteiger partial charge on any atom is 0.111 e. The SMILES string of the molecule is CCCCCCCCCCCCCCCCNC(C)C[C@@H]1OC[C@@H](O)[C@H](O)[C@H]1O. The van der Waals surface area contributed by atoms with Gasteiger partial charge in [-0.2, -0.15) is 0 Å². The molecule has 1 unspecified atom stereocenters. The van der Waals surface area contributed by atoms with E-state index in [1.165, 1.54) is 89.9 Å². The molecular formula is C24H49NO4. The average molecular weight is 416 g/mol. The fourth-order valence-electron chi connectivity index (χ4n) is 4.17. The smallest absolute Gasteiger partial charge is 0.111 e. The van der Waals surface area contributed by atoms with Crippen molar-refractivity contribution in [3.63, 3.8) is 0 Å². The van der Waals surface area contributed by atoms with Crippen molar-refractivity contribution in [1.29, 1.82) is 0 Å². The van der Waals surface area contributed by atoms with E-state index in [1.807, 2.05) is 0 Å². The number of nitrogens with one attached hydrogen (secondary N) is 1. The summed E-state index contributed by atoms with van der Waals surface area (Å²) in [5.74, 6) is 0. The maximum absolute atomic E-state index is 10.00. The number of ether oxygens (including phenoxy) is 1. The number of rotatable bonds is 18. The predicted octanol–water partition coefficient (Wildman–Crippen LogP) is 4.32. The van der Waals surface area contributed by atoms with Gasteiger partial charge in [0.1, 0.15) is 18.3 Å². The van der Waals surface area contributed by atoms with Crippen molar-refractivity contribution in [2.45, 2.75) is 141 Å². The molecule has 1 saturated heterocycles. The van der Waals surface area contributed by atoms with Gasteiger partial charge in [0.2, 0.25) is 0 Å². The molecule has 0 radical (unpaired) electrons. The predicted molar refractivity (Wildman–Crippen MR) is 120 cm³/mol. The number of aliphatic hydroxyl groups excluding tert-OH is 3. The van der Waals surface area contributed by atoms with Crippen molar-refractivity contribution >= 4 is 0 Å². The van der Waals surface area contributed by atoms with E-state index in [-0.39, 0.29) is 12.6 Å². The van der Waals surface area contributed by atoms with Crippen LogP contribution < -0.4 is 5.32 Å². The van der Waals surface area contributed by atoms with Crippen LogP contribution in [0, 0.1) is 0 Å². The van der Waals surface area contributed by atoms with Crippen LogP contribution in [0.4, 0.5) is 0 Å². The van der Waals surface area contributed by atoms with Gasteiger partial charge in [-0.1, -0.05) is 90.4 Å². The highest BCUT2D eigenvalue weighted by Crippen LogP contribution is 2.19. The minimum atomic E-state index is -1.10. The summed E-state index contributed by atoms with van der Waals surface area (Å²) in [5, 5.41) is 32.7. The largest absolute Gasteiger partial charge is 0.388 e. The van der Waals surface area contributed by atoms with Crippen LogP contribution in [0.15, 0.2) is 0 Å². The summed E-state index contributed by atoms with van der Waals surface area (Å²) in [6, 6.07) is 0.221. The molecule has 1 aliphatic rings. The Hall–Kier alpha value is -0.200. The molecule has 5 heteroatoms. The molecule has 0 aromatic heterocycles.